The van der Waals surface area contributed by atoms with Crippen LogP contribution in [0.25, 0.3) is 0 Å². The Labute approximate surface area is 249 Å². The minimum absolute atomic E-state index is 0.1000. The van der Waals surface area contributed by atoms with Gasteiger partial charge in [-0.05, 0) is 62.4 Å². The maximum atomic E-state index is 16.0. The molecule has 2 aromatic rings. The van der Waals surface area contributed by atoms with Gasteiger partial charge in [0.05, 0.1) is 16.9 Å². The SMILES string of the molecule is O=C(O)C1CCC(F)(C(=O)N2CCC3(S(=O)(=O)c4ccc(F)cc4)c4ccc(C(F)(C(F)(F)F)C(F)(F)F)cc4OCC23)CC1. The first-order valence-electron chi connectivity index (χ1n) is 13.5. The van der Waals surface area contributed by atoms with Crippen molar-refractivity contribution in [2.45, 2.75) is 71.5 Å². The third kappa shape index (κ3) is 4.83. The van der Waals surface area contributed by atoms with Gasteiger partial charge in [0.2, 0.25) is 0 Å². The molecule has 3 aliphatic rings. The van der Waals surface area contributed by atoms with Crippen LogP contribution < -0.4 is 4.74 Å². The molecule has 246 valence electrons. The summed E-state index contributed by atoms with van der Waals surface area (Å²) < 4.78 is 157. The summed E-state index contributed by atoms with van der Waals surface area (Å²) in [4.78, 5) is 25.3. The zero-order valence-electron chi connectivity index (χ0n) is 22.9. The summed E-state index contributed by atoms with van der Waals surface area (Å²) in [5.74, 6) is -4.95. The number of aliphatic carboxylic acids is 1. The van der Waals surface area contributed by atoms with Crippen molar-refractivity contribution in [3.8, 4) is 5.75 Å². The first-order chi connectivity index (χ1) is 20.7. The first kappa shape index (κ1) is 32.9. The summed E-state index contributed by atoms with van der Waals surface area (Å²) >= 11 is 0. The molecule has 2 fully saturated rings. The van der Waals surface area contributed by atoms with Crippen LogP contribution in [0.15, 0.2) is 47.4 Å². The highest BCUT2D eigenvalue weighted by Crippen LogP contribution is 2.57. The van der Waals surface area contributed by atoms with Crippen LogP contribution in [-0.4, -0.2) is 67.5 Å². The van der Waals surface area contributed by atoms with Crippen molar-refractivity contribution in [2.24, 2.45) is 5.92 Å². The van der Waals surface area contributed by atoms with Crippen molar-refractivity contribution in [3.05, 3.63) is 59.4 Å². The average Bonchev–Trinajstić information content (AvgIpc) is 3.37. The number of carbonyl (C=O) groups excluding carboxylic acids is 1. The van der Waals surface area contributed by atoms with E-state index in [1.807, 2.05) is 0 Å². The number of nitrogens with zero attached hydrogens (tertiary/aromatic N) is 1. The van der Waals surface area contributed by atoms with E-state index in [9.17, 15) is 58.2 Å². The van der Waals surface area contributed by atoms with Crippen molar-refractivity contribution < 1.29 is 67.4 Å². The molecule has 7 nitrogen and oxygen atoms in total. The van der Waals surface area contributed by atoms with Gasteiger partial charge < -0.3 is 14.7 Å². The molecule has 1 N–H and O–H groups in total. The van der Waals surface area contributed by atoms with Gasteiger partial charge in [-0.3, -0.25) is 9.59 Å². The summed E-state index contributed by atoms with van der Waals surface area (Å²) in [6.07, 6.45) is -14.9. The van der Waals surface area contributed by atoms with Crippen LogP contribution in [-0.2, 0) is 29.8 Å². The van der Waals surface area contributed by atoms with Crippen molar-refractivity contribution in [1.29, 1.82) is 0 Å². The number of hydrogen-bond acceptors (Lipinski definition) is 5. The minimum atomic E-state index is -6.47. The molecule has 5 rings (SSSR count). The number of ether oxygens (including phenoxy) is 1. The molecule has 1 aliphatic carbocycles. The van der Waals surface area contributed by atoms with E-state index >= 15 is 4.39 Å². The molecule has 0 aromatic heterocycles. The number of alkyl halides is 8. The van der Waals surface area contributed by atoms with Crippen LogP contribution in [0, 0.1) is 11.7 Å². The Morgan fingerprint density at radius 1 is 0.911 bits per heavy atom. The van der Waals surface area contributed by atoms with Gasteiger partial charge in [-0.15, -0.1) is 0 Å². The maximum Gasteiger partial charge on any atom is 0.435 e. The minimum Gasteiger partial charge on any atom is -0.491 e. The predicted octanol–water partition coefficient (Wildman–Crippen LogP) is 5.76. The van der Waals surface area contributed by atoms with Gasteiger partial charge in [0.25, 0.3) is 5.91 Å². The molecule has 2 unspecified atom stereocenters. The van der Waals surface area contributed by atoms with Crippen LogP contribution in [0.2, 0.25) is 0 Å². The first-order valence-corrected chi connectivity index (χ1v) is 15.0. The molecule has 1 amide bonds. The Balaban J connectivity index is 1.64. The largest absolute Gasteiger partial charge is 0.491 e. The fourth-order valence-electron chi connectivity index (χ4n) is 6.58. The smallest absolute Gasteiger partial charge is 0.435 e. The van der Waals surface area contributed by atoms with Gasteiger partial charge in [0, 0.05) is 17.7 Å². The van der Waals surface area contributed by atoms with Crippen LogP contribution in [0.3, 0.4) is 0 Å². The fourth-order valence-corrected chi connectivity index (χ4v) is 8.87. The van der Waals surface area contributed by atoms with Crippen LogP contribution in [0.4, 0.5) is 39.5 Å². The molecule has 2 aliphatic heterocycles. The van der Waals surface area contributed by atoms with Gasteiger partial charge in [0.15, 0.2) is 15.5 Å². The summed E-state index contributed by atoms with van der Waals surface area (Å²) in [5, 5.41) is 9.24. The Hall–Kier alpha value is -3.50. The number of benzene rings is 2. The molecule has 2 heterocycles. The number of rotatable bonds is 5. The molecular weight excluding hydrogens is 649 g/mol. The van der Waals surface area contributed by atoms with Gasteiger partial charge in [0.1, 0.15) is 22.9 Å². The molecule has 0 bridgehead atoms. The summed E-state index contributed by atoms with van der Waals surface area (Å²) in [7, 11) is -4.81. The van der Waals surface area contributed by atoms with Gasteiger partial charge in [-0.2, -0.15) is 26.3 Å². The molecule has 0 spiro atoms. The number of carboxylic acids is 1. The predicted molar refractivity (Wildman–Crippen MR) is 136 cm³/mol. The second-order valence-corrected chi connectivity index (χ2v) is 13.6. The lowest BCUT2D eigenvalue weighted by atomic mass is 9.79. The lowest BCUT2D eigenvalue weighted by Crippen LogP contribution is -2.58. The standard InChI is InChI=1S/C28H24F9NO6S/c29-17-2-4-18(5-3-17)45(42,43)25-11-12-38(23(41)24(30)9-7-15(8-10-24)22(39)40)21(25)14-44-20-13-16(1-6-19(20)25)26(31,27(32,33)34)28(35,36)37/h1-6,13,15,21H,7-12,14H2,(H,39,40). The van der Waals surface area contributed by atoms with Crippen molar-refractivity contribution in [2.75, 3.05) is 13.2 Å². The molecule has 1 saturated heterocycles. The number of carbonyl (C=O) groups is 2. The Bertz CT molecular complexity index is 1600. The summed E-state index contributed by atoms with van der Waals surface area (Å²) in [6, 6.07) is 2.51. The monoisotopic (exact) mass is 673 g/mol. The van der Waals surface area contributed by atoms with Crippen LogP contribution >= 0.6 is 0 Å². The highest BCUT2D eigenvalue weighted by Gasteiger charge is 2.74. The number of carboxylic acid groups (broad SMARTS) is 1. The van der Waals surface area contributed by atoms with E-state index in [1.165, 1.54) is 0 Å². The molecule has 17 heteroatoms. The second kappa shape index (κ2) is 10.5. The molecule has 2 aromatic carbocycles. The number of sulfone groups is 1. The van der Waals surface area contributed by atoms with Crippen LogP contribution in [0.5, 0.6) is 5.75 Å². The number of amides is 1. The number of hydrogen-bond donors (Lipinski definition) is 1. The Morgan fingerprint density at radius 2 is 1.49 bits per heavy atom. The van der Waals surface area contributed by atoms with Crippen LogP contribution in [0.1, 0.15) is 43.2 Å². The highest BCUT2D eigenvalue weighted by atomic mass is 32.2. The molecule has 0 radical (unpaired) electrons. The number of likely N-dealkylation sites (tertiary alicyclic amines) is 1. The third-order valence-corrected chi connectivity index (χ3v) is 11.6. The normalized spacial score (nSPS) is 27.4. The number of fused-ring (bicyclic) bond motifs is 3. The molecular formula is C28H24F9NO6S. The second-order valence-electron chi connectivity index (χ2n) is 11.4. The Morgan fingerprint density at radius 3 is 2.02 bits per heavy atom. The van der Waals surface area contributed by atoms with E-state index < -0.39 is 122 Å². The average molecular weight is 674 g/mol. The van der Waals surface area contributed by atoms with E-state index in [-0.39, 0.29) is 25.0 Å². The fraction of sp³-hybridized carbons (Fsp3) is 0.500. The zero-order chi connectivity index (χ0) is 33.4. The van der Waals surface area contributed by atoms with Gasteiger partial charge in [-0.25, -0.2) is 21.6 Å². The van der Waals surface area contributed by atoms with E-state index in [0.29, 0.717) is 6.07 Å². The quantitative estimate of drug-likeness (QED) is 0.320. The van der Waals surface area contributed by atoms with Gasteiger partial charge >= 0.3 is 24.0 Å². The maximum absolute atomic E-state index is 16.0. The lowest BCUT2D eigenvalue weighted by Gasteiger charge is -2.44. The summed E-state index contributed by atoms with van der Waals surface area (Å²) in [6.45, 7) is -1.31. The van der Waals surface area contributed by atoms with E-state index in [0.717, 1.165) is 29.2 Å². The number of halogens is 9. The van der Waals surface area contributed by atoms with E-state index in [2.05, 4.69) is 0 Å². The summed E-state index contributed by atoms with van der Waals surface area (Å²) in [5.41, 5.74) is -10.9. The zero-order valence-corrected chi connectivity index (χ0v) is 23.7. The molecule has 2 atom stereocenters. The lowest BCUT2D eigenvalue weighted by molar-refractivity contribution is -0.348. The third-order valence-electron chi connectivity index (χ3n) is 9.03. The highest BCUT2D eigenvalue weighted by molar-refractivity contribution is 7.92. The topological polar surface area (TPSA) is 101 Å². The van der Waals surface area contributed by atoms with Crippen molar-refractivity contribution in [1.82, 2.24) is 4.90 Å². The Kier molecular flexibility index (Phi) is 7.69. The van der Waals surface area contributed by atoms with E-state index in [4.69, 9.17) is 4.74 Å². The molecule has 45 heavy (non-hydrogen) atoms. The van der Waals surface area contributed by atoms with E-state index in [1.54, 1.807) is 0 Å². The molecule has 1 saturated carbocycles. The van der Waals surface area contributed by atoms with Crippen molar-refractivity contribution in [3.63, 3.8) is 0 Å². The van der Waals surface area contributed by atoms with Gasteiger partial charge in [-0.1, -0.05) is 12.1 Å². The van der Waals surface area contributed by atoms with Crippen molar-refractivity contribution >= 4 is 21.7 Å².